The van der Waals surface area contributed by atoms with Crippen LogP contribution in [0.1, 0.15) is 24.0 Å². The Bertz CT molecular complexity index is 533. The summed E-state index contributed by atoms with van der Waals surface area (Å²) in [6.45, 7) is 1.89. The SMILES string of the molecule is NCC1CCCN1c1ccc(Cc2ccccc2)cc1. The maximum Gasteiger partial charge on any atom is 0.0412 e. The molecule has 1 heterocycles. The molecule has 2 heteroatoms. The molecule has 3 rings (SSSR count). The van der Waals surface area contributed by atoms with Crippen molar-refractivity contribution in [3.63, 3.8) is 0 Å². The fourth-order valence-electron chi connectivity index (χ4n) is 3.06. The molecule has 20 heavy (non-hydrogen) atoms. The first-order valence-corrected chi connectivity index (χ1v) is 7.46. The summed E-state index contributed by atoms with van der Waals surface area (Å²) in [5, 5.41) is 0. The highest BCUT2D eigenvalue weighted by atomic mass is 15.2. The minimum absolute atomic E-state index is 0.523. The standard InChI is InChI=1S/C18H22N2/c19-14-18-7-4-12-20(18)17-10-8-16(9-11-17)13-15-5-2-1-3-6-15/h1-3,5-6,8-11,18H,4,7,12-14,19H2. The van der Waals surface area contributed by atoms with Crippen molar-refractivity contribution in [2.45, 2.75) is 25.3 Å². The van der Waals surface area contributed by atoms with Crippen molar-refractivity contribution in [2.75, 3.05) is 18.0 Å². The van der Waals surface area contributed by atoms with Gasteiger partial charge in [-0.3, -0.25) is 0 Å². The van der Waals surface area contributed by atoms with Crippen molar-refractivity contribution < 1.29 is 0 Å². The van der Waals surface area contributed by atoms with Gasteiger partial charge in [-0.1, -0.05) is 42.5 Å². The van der Waals surface area contributed by atoms with Crippen molar-refractivity contribution in [3.05, 3.63) is 65.7 Å². The largest absolute Gasteiger partial charge is 0.367 e. The van der Waals surface area contributed by atoms with Crippen molar-refractivity contribution in [1.82, 2.24) is 0 Å². The molecule has 0 saturated carbocycles. The molecule has 1 fully saturated rings. The zero-order chi connectivity index (χ0) is 13.8. The van der Waals surface area contributed by atoms with Gasteiger partial charge in [0.15, 0.2) is 0 Å². The molecule has 0 amide bonds. The number of benzene rings is 2. The first kappa shape index (κ1) is 13.2. The lowest BCUT2D eigenvalue weighted by Gasteiger charge is -2.25. The van der Waals surface area contributed by atoms with Crippen molar-refractivity contribution in [3.8, 4) is 0 Å². The van der Waals surface area contributed by atoms with E-state index in [4.69, 9.17) is 5.73 Å². The number of nitrogens with two attached hydrogens (primary N) is 1. The average molecular weight is 266 g/mol. The molecule has 2 nitrogen and oxygen atoms in total. The molecule has 2 aromatic carbocycles. The Hall–Kier alpha value is -1.80. The Labute approximate surface area is 121 Å². The first-order valence-electron chi connectivity index (χ1n) is 7.46. The number of hydrogen-bond donors (Lipinski definition) is 1. The summed E-state index contributed by atoms with van der Waals surface area (Å²) >= 11 is 0. The minimum Gasteiger partial charge on any atom is -0.367 e. The van der Waals surface area contributed by atoms with E-state index >= 15 is 0 Å². The highest BCUT2D eigenvalue weighted by Gasteiger charge is 2.22. The van der Waals surface area contributed by atoms with Crippen LogP contribution in [-0.2, 0) is 6.42 Å². The highest BCUT2D eigenvalue weighted by molar-refractivity contribution is 5.50. The average Bonchev–Trinajstić information content (AvgIpc) is 2.98. The Morgan fingerprint density at radius 2 is 1.65 bits per heavy atom. The predicted octanol–water partition coefficient (Wildman–Crippen LogP) is 3.20. The van der Waals surface area contributed by atoms with Crippen LogP contribution < -0.4 is 10.6 Å². The lowest BCUT2D eigenvalue weighted by atomic mass is 10.0. The molecule has 0 bridgehead atoms. The van der Waals surface area contributed by atoms with Gasteiger partial charge in [-0.25, -0.2) is 0 Å². The molecule has 0 radical (unpaired) electrons. The molecule has 1 saturated heterocycles. The number of nitrogens with zero attached hydrogens (tertiary/aromatic N) is 1. The van der Waals surface area contributed by atoms with Gasteiger partial charge in [-0.05, 0) is 42.5 Å². The van der Waals surface area contributed by atoms with Crippen LogP contribution in [0.2, 0.25) is 0 Å². The van der Waals surface area contributed by atoms with Gasteiger partial charge in [0.1, 0.15) is 0 Å². The normalized spacial score (nSPS) is 18.4. The van der Waals surface area contributed by atoms with Gasteiger partial charge in [0, 0.05) is 24.8 Å². The Kier molecular flexibility index (Phi) is 4.03. The van der Waals surface area contributed by atoms with E-state index in [9.17, 15) is 0 Å². The molecule has 104 valence electrons. The lowest BCUT2D eigenvalue weighted by molar-refractivity contribution is 0.677. The summed E-state index contributed by atoms with van der Waals surface area (Å²) in [6.07, 6.45) is 3.48. The van der Waals surface area contributed by atoms with Crippen LogP contribution in [0.4, 0.5) is 5.69 Å². The molecule has 1 aliphatic heterocycles. The summed E-state index contributed by atoms with van der Waals surface area (Å²) in [5.41, 5.74) is 9.89. The van der Waals surface area contributed by atoms with Crippen molar-refractivity contribution in [2.24, 2.45) is 5.73 Å². The van der Waals surface area contributed by atoms with Crippen LogP contribution >= 0.6 is 0 Å². The number of hydrogen-bond acceptors (Lipinski definition) is 2. The van der Waals surface area contributed by atoms with Gasteiger partial charge in [-0.15, -0.1) is 0 Å². The van der Waals surface area contributed by atoms with E-state index in [2.05, 4.69) is 59.5 Å². The summed E-state index contributed by atoms with van der Waals surface area (Å²) in [7, 11) is 0. The second-order valence-corrected chi connectivity index (χ2v) is 5.55. The van der Waals surface area contributed by atoms with Gasteiger partial charge in [0.25, 0.3) is 0 Å². The molecule has 1 unspecified atom stereocenters. The summed E-state index contributed by atoms with van der Waals surface area (Å²) in [6, 6.07) is 20.1. The Morgan fingerprint density at radius 3 is 2.35 bits per heavy atom. The number of rotatable bonds is 4. The van der Waals surface area contributed by atoms with Crippen LogP contribution in [0, 0.1) is 0 Å². The molecule has 1 aliphatic rings. The highest BCUT2D eigenvalue weighted by Crippen LogP contribution is 2.25. The maximum atomic E-state index is 5.85. The Balaban J connectivity index is 1.71. The summed E-state index contributed by atoms with van der Waals surface area (Å²) in [5.74, 6) is 0. The smallest absolute Gasteiger partial charge is 0.0412 e. The number of anilines is 1. The first-order chi connectivity index (χ1) is 9.86. The van der Waals surface area contributed by atoms with E-state index in [1.165, 1.54) is 29.7 Å². The molecular formula is C18H22N2. The van der Waals surface area contributed by atoms with Gasteiger partial charge < -0.3 is 10.6 Å². The molecular weight excluding hydrogens is 244 g/mol. The third-order valence-electron chi connectivity index (χ3n) is 4.17. The second kappa shape index (κ2) is 6.10. The zero-order valence-electron chi connectivity index (χ0n) is 11.8. The van der Waals surface area contributed by atoms with Crippen molar-refractivity contribution >= 4 is 5.69 Å². The molecule has 2 aromatic rings. The van der Waals surface area contributed by atoms with E-state index in [-0.39, 0.29) is 0 Å². The summed E-state index contributed by atoms with van der Waals surface area (Å²) < 4.78 is 0. The molecule has 0 aliphatic carbocycles. The van der Waals surface area contributed by atoms with Gasteiger partial charge in [-0.2, -0.15) is 0 Å². The molecule has 2 N–H and O–H groups in total. The lowest BCUT2D eigenvalue weighted by Crippen LogP contribution is -2.35. The zero-order valence-corrected chi connectivity index (χ0v) is 11.8. The third kappa shape index (κ3) is 2.86. The van der Waals surface area contributed by atoms with Gasteiger partial charge in [0.05, 0.1) is 0 Å². The van der Waals surface area contributed by atoms with Crippen LogP contribution in [-0.4, -0.2) is 19.1 Å². The third-order valence-corrected chi connectivity index (χ3v) is 4.17. The Morgan fingerprint density at radius 1 is 0.950 bits per heavy atom. The van der Waals surface area contributed by atoms with Crippen LogP contribution in [0.25, 0.3) is 0 Å². The van der Waals surface area contributed by atoms with Crippen LogP contribution in [0.5, 0.6) is 0 Å². The van der Waals surface area contributed by atoms with Crippen LogP contribution in [0.15, 0.2) is 54.6 Å². The van der Waals surface area contributed by atoms with E-state index in [0.29, 0.717) is 6.04 Å². The second-order valence-electron chi connectivity index (χ2n) is 5.55. The van der Waals surface area contributed by atoms with Crippen molar-refractivity contribution in [1.29, 1.82) is 0 Å². The topological polar surface area (TPSA) is 29.3 Å². The van der Waals surface area contributed by atoms with Crippen LogP contribution in [0.3, 0.4) is 0 Å². The van der Waals surface area contributed by atoms with E-state index in [1.807, 2.05) is 0 Å². The molecule has 0 aromatic heterocycles. The monoisotopic (exact) mass is 266 g/mol. The fourth-order valence-corrected chi connectivity index (χ4v) is 3.06. The van der Waals surface area contributed by atoms with E-state index in [1.54, 1.807) is 0 Å². The predicted molar refractivity (Wildman–Crippen MR) is 85.1 cm³/mol. The maximum absolute atomic E-state index is 5.85. The van der Waals surface area contributed by atoms with Gasteiger partial charge in [0.2, 0.25) is 0 Å². The minimum atomic E-state index is 0.523. The quantitative estimate of drug-likeness (QED) is 0.920. The van der Waals surface area contributed by atoms with Gasteiger partial charge >= 0.3 is 0 Å². The summed E-state index contributed by atoms with van der Waals surface area (Å²) in [4.78, 5) is 2.45. The van der Waals surface area contributed by atoms with E-state index in [0.717, 1.165) is 19.5 Å². The fraction of sp³-hybridized carbons (Fsp3) is 0.333. The van der Waals surface area contributed by atoms with E-state index < -0.39 is 0 Å². The molecule has 0 spiro atoms. The molecule has 1 atom stereocenters.